The van der Waals surface area contributed by atoms with Gasteiger partial charge in [0.2, 0.25) is 0 Å². The van der Waals surface area contributed by atoms with Gasteiger partial charge in [-0.05, 0) is 52.5 Å². The van der Waals surface area contributed by atoms with Gasteiger partial charge in [0.15, 0.2) is 0 Å². The second kappa shape index (κ2) is 6.04. The summed E-state index contributed by atoms with van der Waals surface area (Å²) in [7, 11) is 1.88. The molecule has 0 spiro atoms. The molecule has 1 N–H and O–H groups in total. The van der Waals surface area contributed by atoms with Gasteiger partial charge in [0, 0.05) is 18.6 Å². The van der Waals surface area contributed by atoms with Crippen LogP contribution in [0.1, 0.15) is 47.5 Å². The highest BCUT2D eigenvalue weighted by Gasteiger charge is 2.34. The van der Waals surface area contributed by atoms with Crippen LogP contribution in [0.15, 0.2) is 0 Å². The standard InChI is InChI=1S/C15H29N3/c1-11-7-12(2)14(4)18(9-11)13(3)8-15(5,10-16)17-6/h11-14,17H,7-9H2,1-6H3. The Kier molecular flexibility index (Phi) is 5.19. The third-order valence-electron chi connectivity index (χ3n) is 4.71. The second-order valence-electron chi connectivity index (χ2n) is 6.50. The summed E-state index contributed by atoms with van der Waals surface area (Å²) in [5.41, 5.74) is -0.414. The van der Waals surface area contributed by atoms with E-state index in [0.29, 0.717) is 12.1 Å². The van der Waals surface area contributed by atoms with Crippen LogP contribution in [-0.4, -0.2) is 36.1 Å². The van der Waals surface area contributed by atoms with Crippen LogP contribution in [0, 0.1) is 23.2 Å². The SMILES string of the molecule is CNC(C)(C#N)CC(C)N1CC(C)CC(C)C1C. The first-order valence-corrected chi connectivity index (χ1v) is 7.19. The minimum absolute atomic E-state index is 0.414. The minimum atomic E-state index is -0.414. The minimum Gasteiger partial charge on any atom is -0.303 e. The number of nitriles is 1. The lowest BCUT2D eigenvalue weighted by Crippen LogP contribution is -2.53. The van der Waals surface area contributed by atoms with E-state index in [0.717, 1.165) is 24.8 Å². The molecule has 1 aliphatic heterocycles. The monoisotopic (exact) mass is 251 g/mol. The van der Waals surface area contributed by atoms with Gasteiger partial charge in [-0.2, -0.15) is 5.26 Å². The van der Waals surface area contributed by atoms with E-state index in [1.165, 1.54) is 6.42 Å². The summed E-state index contributed by atoms with van der Waals surface area (Å²) in [6, 6.07) is 3.47. The number of nitrogens with zero attached hydrogens (tertiary/aromatic N) is 2. The quantitative estimate of drug-likeness (QED) is 0.835. The lowest BCUT2D eigenvalue weighted by molar-refractivity contribution is 0.0373. The lowest BCUT2D eigenvalue weighted by atomic mass is 9.83. The maximum absolute atomic E-state index is 9.27. The van der Waals surface area contributed by atoms with Gasteiger partial charge in [-0.3, -0.25) is 4.90 Å². The summed E-state index contributed by atoms with van der Waals surface area (Å²) in [6.45, 7) is 12.4. The molecule has 0 saturated carbocycles. The van der Waals surface area contributed by atoms with Crippen molar-refractivity contribution >= 4 is 0 Å². The molecule has 0 amide bonds. The van der Waals surface area contributed by atoms with E-state index in [4.69, 9.17) is 0 Å². The predicted octanol–water partition coefficient (Wildman–Crippen LogP) is 2.63. The van der Waals surface area contributed by atoms with Crippen molar-refractivity contribution in [1.29, 1.82) is 5.26 Å². The van der Waals surface area contributed by atoms with Gasteiger partial charge in [0.25, 0.3) is 0 Å². The van der Waals surface area contributed by atoms with Crippen LogP contribution in [0.3, 0.4) is 0 Å². The molecule has 18 heavy (non-hydrogen) atoms. The Morgan fingerprint density at radius 1 is 1.44 bits per heavy atom. The Labute approximate surface area is 113 Å². The van der Waals surface area contributed by atoms with Crippen molar-refractivity contribution in [2.45, 2.75) is 65.1 Å². The molecule has 3 nitrogen and oxygen atoms in total. The van der Waals surface area contributed by atoms with Crippen LogP contribution >= 0.6 is 0 Å². The fraction of sp³-hybridized carbons (Fsp3) is 0.933. The number of nitrogens with one attached hydrogen (secondary N) is 1. The summed E-state index contributed by atoms with van der Waals surface area (Å²) >= 11 is 0. The average Bonchev–Trinajstić information content (AvgIpc) is 2.33. The summed E-state index contributed by atoms with van der Waals surface area (Å²) < 4.78 is 0. The summed E-state index contributed by atoms with van der Waals surface area (Å²) in [5, 5.41) is 12.4. The van der Waals surface area contributed by atoms with E-state index in [-0.39, 0.29) is 0 Å². The van der Waals surface area contributed by atoms with Gasteiger partial charge >= 0.3 is 0 Å². The van der Waals surface area contributed by atoms with Crippen LogP contribution < -0.4 is 5.32 Å². The molecule has 1 heterocycles. The molecule has 1 rings (SSSR count). The number of hydrogen-bond acceptors (Lipinski definition) is 3. The van der Waals surface area contributed by atoms with Gasteiger partial charge in [-0.1, -0.05) is 13.8 Å². The zero-order chi connectivity index (χ0) is 13.9. The van der Waals surface area contributed by atoms with Crippen LogP contribution in [0.4, 0.5) is 0 Å². The van der Waals surface area contributed by atoms with Crippen LogP contribution in [0.25, 0.3) is 0 Å². The fourth-order valence-electron chi connectivity index (χ4n) is 3.25. The van der Waals surface area contributed by atoms with Crippen molar-refractivity contribution < 1.29 is 0 Å². The largest absolute Gasteiger partial charge is 0.303 e. The molecule has 0 radical (unpaired) electrons. The molecule has 0 aliphatic carbocycles. The third kappa shape index (κ3) is 3.46. The van der Waals surface area contributed by atoms with Gasteiger partial charge in [-0.25, -0.2) is 0 Å². The van der Waals surface area contributed by atoms with E-state index < -0.39 is 5.54 Å². The molecule has 0 aromatic heterocycles. The van der Waals surface area contributed by atoms with Crippen LogP contribution in [0.5, 0.6) is 0 Å². The summed E-state index contributed by atoms with van der Waals surface area (Å²) in [5.74, 6) is 1.51. The maximum Gasteiger partial charge on any atom is 0.105 e. The fourth-order valence-corrected chi connectivity index (χ4v) is 3.25. The smallest absolute Gasteiger partial charge is 0.105 e. The van der Waals surface area contributed by atoms with Gasteiger partial charge in [-0.15, -0.1) is 0 Å². The number of hydrogen-bond donors (Lipinski definition) is 1. The van der Waals surface area contributed by atoms with Gasteiger partial charge in [0.05, 0.1) is 6.07 Å². The first-order valence-electron chi connectivity index (χ1n) is 7.19. The van der Waals surface area contributed by atoms with Crippen LogP contribution in [0.2, 0.25) is 0 Å². The van der Waals surface area contributed by atoms with E-state index in [2.05, 4.69) is 44.0 Å². The van der Waals surface area contributed by atoms with E-state index in [9.17, 15) is 5.26 Å². The third-order valence-corrected chi connectivity index (χ3v) is 4.71. The summed E-state index contributed by atoms with van der Waals surface area (Å²) in [6.07, 6.45) is 2.20. The highest BCUT2D eigenvalue weighted by molar-refractivity contribution is 5.05. The van der Waals surface area contributed by atoms with Crippen LogP contribution in [-0.2, 0) is 0 Å². The molecular weight excluding hydrogens is 222 g/mol. The number of likely N-dealkylation sites (tertiary alicyclic amines) is 1. The number of piperidine rings is 1. The van der Waals surface area contributed by atoms with Gasteiger partial charge in [0.1, 0.15) is 5.54 Å². The Morgan fingerprint density at radius 2 is 2.06 bits per heavy atom. The Morgan fingerprint density at radius 3 is 2.56 bits per heavy atom. The molecule has 1 aliphatic rings. The predicted molar refractivity (Wildman–Crippen MR) is 76.3 cm³/mol. The van der Waals surface area contributed by atoms with Crippen molar-refractivity contribution in [2.75, 3.05) is 13.6 Å². The Hall–Kier alpha value is -0.590. The van der Waals surface area contributed by atoms with E-state index >= 15 is 0 Å². The number of rotatable bonds is 4. The molecule has 1 fully saturated rings. The molecule has 5 unspecified atom stereocenters. The molecule has 0 bridgehead atoms. The molecule has 0 aromatic rings. The molecule has 5 atom stereocenters. The van der Waals surface area contributed by atoms with Crippen molar-refractivity contribution in [2.24, 2.45) is 11.8 Å². The lowest BCUT2D eigenvalue weighted by Gasteiger charge is -2.45. The maximum atomic E-state index is 9.27. The van der Waals surface area contributed by atoms with Crippen molar-refractivity contribution in [3.05, 3.63) is 0 Å². The molecule has 3 heteroatoms. The van der Waals surface area contributed by atoms with Gasteiger partial charge < -0.3 is 5.32 Å². The molecule has 104 valence electrons. The first kappa shape index (κ1) is 15.5. The Bertz CT molecular complexity index is 309. The van der Waals surface area contributed by atoms with E-state index in [1.54, 1.807) is 0 Å². The molecule has 0 aromatic carbocycles. The topological polar surface area (TPSA) is 39.1 Å². The first-order chi connectivity index (χ1) is 8.33. The molecular formula is C15H29N3. The van der Waals surface area contributed by atoms with E-state index in [1.807, 2.05) is 14.0 Å². The normalized spacial score (nSPS) is 34.6. The molecule has 1 saturated heterocycles. The van der Waals surface area contributed by atoms with Crippen molar-refractivity contribution in [3.8, 4) is 6.07 Å². The second-order valence-corrected chi connectivity index (χ2v) is 6.50. The summed E-state index contributed by atoms with van der Waals surface area (Å²) in [4.78, 5) is 2.59. The van der Waals surface area contributed by atoms with Crippen molar-refractivity contribution in [1.82, 2.24) is 10.2 Å². The zero-order valence-electron chi connectivity index (χ0n) is 12.8. The Balaban J connectivity index is 2.71. The average molecular weight is 251 g/mol. The highest BCUT2D eigenvalue weighted by atomic mass is 15.2. The zero-order valence-corrected chi connectivity index (χ0v) is 12.8. The van der Waals surface area contributed by atoms with Crippen molar-refractivity contribution in [3.63, 3.8) is 0 Å². The highest BCUT2D eigenvalue weighted by Crippen LogP contribution is 2.30.